The maximum Gasteiger partial charge on any atom is 0.164 e. The molecule has 262 valence electrons. The first-order chi connectivity index (χ1) is 27.7. The van der Waals surface area contributed by atoms with Crippen molar-refractivity contribution in [2.45, 2.75) is 0 Å². The summed E-state index contributed by atoms with van der Waals surface area (Å²) in [5.41, 5.74) is 10.1. The van der Waals surface area contributed by atoms with E-state index >= 15 is 0 Å². The summed E-state index contributed by atoms with van der Waals surface area (Å²) in [7, 11) is 0. The second-order valence-electron chi connectivity index (χ2n) is 14.0. The number of fused-ring (bicyclic) bond motifs is 6. The second-order valence-corrected chi connectivity index (χ2v) is 16.1. The van der Waals surface area contributed by atoms with E-state index in [0.29, 0.717) is 17.5 Å². The van der Waals surface area contributed by atoms with Crippen molar-refractivity contribution in [2.75, 3.05) is 0 Å². The molecule has 0 unspecified atom stereocenters. The maximum absolute atomic E-state index is 5.12. The molecular formula is C51H31N3S2. The Bertz CT molecular complexity index is 3250. The zero-order chi connectivity index (χ0) is 37.0. The van der Waals surface area contributed by atoms with E-state index in [0.717, 1.165) is 27.8 Å². The average molecular weight is 750 g/mol. The number of benzene rings is 8. The van der Waals surface area contributed by atoms with Gasteiger partial charge in [-0.25, -0.2) is 15.0 Å². The minimum Gasteiger partial charge on any atom is -0.208 e. The Balaban J connectivity index is 1.03. The van der Waals surface area contributed by atoms with Crippen LogP contribution in [0.5, 0.6) is 0 Å². The normalized spacial score (nSPS) is 11.6. The van der Waals surface area contributed by atoms with Crippen LogP contribution in [-0.2, 0) is 0 Å². The van der Waals surface area contributed by atoms with Crippen molar-refractivity contribution < 1.29 is 0 Å². The van der Waals surface area contributed by atoms with Crippen LogP contribution in [0, 0.1) is 0 Å². The summed E-state index contributed by atoms with van der Waals surface area (Å²) in [6.07, 6.45) is 0. The molecule has 0 N–H and O–H groups in total. The highest BCUT2D eigenvalue weighted by molar-refractivity contribution is 7.26. The molecule has 56 heavy (non-hydrogen) atoms. The number of hydrogen-bond acceptors (Lipinski definition) is 5. The summed E-state index contributed by atoms with van der Waals surface area (Å²) in [4.78, 5) is 15.2. The Morgan fingerprint density at radius 2 is 0.768 bits per heavy atom. The van der Waals surface area contributed by atoms with Gasteiger partial charge in [-0.3, -0.25) is 0 Å². The van der Waals surface area contributed by atoms with E-state index in [9.17, 15) is 0 Å². The molecule has 8 aromatic carbocycles. The lowest BCUT2D eigenvalue weighted by molar-refractivity contribution is 1.07. The van der Waals surface area contributed by atoms with Crippen LogP contribution in [-0.4, -0.2) is 15.0 Å². The third kappa shape index (κ3) is 5.68. The Morgan fingerprint density at radius 1 is 0.268 bits per heavy atom. The lowest BCUT2D eigenvalue weighted by Gasteiger charge is -2.11. The molecule has 0 fully saturated rings. The fraction of sp³-hybridized carbons (Fsp3) is 0. The average Bonchev–Trinajstić information content (AvgIpc) is 3.85. The highest BCUT2D eigenvalue weighted by atomic mass is 32.1. The van der Waals surface area contributed by atoms with Crippen LogP contribution in [0.25, 0.3) is 108 Å². The largest absolute Gasteiger partial charge is 0.208 e. The quantitative estimate of drug-likeness (QED) is 0.170. The number of aromatic nitrogens is 3. The minimum atomic E-state index is 0.649. The summed E-state index contributed by atoms with van der Waals surface area (Å²) in [6, 6.07) is 66.8. The monoisotopic (exact) mass is 749 g/mol. The van der Waals surface area contributed by atoms with Gasteiger partial charge >= 0.3 is 0 Å². The van der Waals surface area contributed by atoms with Crippen molar-refractivity contribution in [2.24, 2.45) is 0 Å². The lowest BCUT2D eigenvalue weighted by Crippen LogP contribution is -2.00. The van der Waals surface area contributed by atoms with Gasteiger partial charge in [-0.2, -0.15) is 0 Å². The van der Waals surface area contributed by atoms with Crippen LogP contribution in [0.15, 0.2) is 188 Å². The van der Waals surface area contributed by atoms with Gasteiger partial charge in [-0.1, -0.05) is 164 Å². The van der Waals surface area contributed by atoms with E-state index in [1.807, 2.05) is 46.9 Å². The highest BCUT2D eigenvalue weighted by Crippen LogP contribution is 2.45. The van der Waals surface area contributed by atoms with E-state index < -0.39 is 0 Å². The molecule has 3 aromatic heterocycles. The number of thiophene rings is 2. The molecule has 5 heteroatoms. The fourth-order valence-corrected chi connectivity index (χ4v) is 10.2. The minimum absolute atomic E-state index is 0.649. The summed E-state index contributed by atoms with van der Waals surface area (Å²) >= 11 is 3.70. The smallest absolute Gasteiger partial charge is 0.164 e. The Labute approximate surface area is 331 Å². The molecule has 0 aliphatic rings. The Hall–Kier alpha value is -6.79. The highest BCUT2D eigenvalue weighted by Gasteiger charge is 2.18. The van der Waals surface area contributed by atoms with Gasteiger partial charge in [0.05, 0.1) is 0 Å². The number of nitrogens with zero attached hydrogens (tertiary/aromatic N) is 3. The van der Waals surface area contributed by atoms with Crippen molar-refractivity contribution in [1.82, 2.24) is 15.0 Å². The molecule has 0 aliphatic carbocycles. The van der Waals surface area contributed by atoms with Gasteiger partial charge in [0.1, 0.15) is 0 Å². The van der Waals surface area contributed by atoms with Crippen molar-refractivity contribution in [3.63, 3.8) is 0 Å². The van der Waals surface area contributed by atoms with Crippen LogP contribution >= 0.6 is 22.7 Å². The van der Waals surface area contributed by atoms with Gasteiger partial charge in [-0.05, 0) is 52.1 Å². The zero-order valence-electron chi connectivity index (χ0n) is 30.1. The van der Waals surface area contributed by atoms with Gasteiger partial charge in [0.2, 0.25) is 0 Å². The van der Waals surface area contributed by atoms with E-state index in [1.165, 1.54) is 62.6 Å². The SMILES string of the molecule is c1ccc(-c2cccc(-c3nc(-c4ccccc4)nc(-c4ccc5c(c4)sc4c(-c6ccccc6-c6ccc7c(c6)sc6ccccc67)cccc45)n3)c2)cc1. The van der Waals surface area contributed by atoms with Gasteiger partial charge < -0.3 is 0 Å². The van der Waals surface area contributed by atoms with Crippen molar-refractivity contribution in [1.29, 1.82) is 0 Å². The molecule has 0 amide bonds. The van der Waals surface area contributed by atoms with E-state index in [-0.39, 0.29) is 0 Å². The number of hydrogen-bond donors (Lipinski definition) is 0. The summed E-state index contributed by atoms with van der Waals surface area (Å²) in [6.45, 7) is 0. The van der Waals surface area contributed by atoms with Gasteiger partial charge in [0.25, 0.3) is 0 Å². The first-order valence-corrected chi connectivity index (χ1v) is 20.3. The molecular weight excluding hydrogens is 719 g/mol. The summed E-state index contributed by atoms with van der Waals surface area (Å²) in [5.74, 6) is 1.95. The predicted octanol–water partition coefficient (Wildman–Crippen LogP) is 14.6. The van der Waals surface area contributed by atoms with Crippen LogP contribution in [0.4, 0.5) is 0 Å². The zero-order valence-corrected chi connectivity index (χ0v) is 31.7. The fourth-order valence-electron chi connectivity index (χ4n) is 7.83. The van der Waals surface area contributed by atoms with E-state index in [2.05, 4.69) is 164 Å². The predicted molar refractivity (Wildman–Crippen MR) is 238 cm³/mol. The van der Waals surface area contributed by atoms with Gasteiger partial charge in [0, 0.05) is 62.6 Å². The van der Waals surface area contributed by atoms with Crippen molar-refractivity contribution in [3.05, 3.63) is 188 Å². The molecule has 0 aliphatic heterocycles. The maximum atomic E-state index is 5.12. The molecule has 3 heterocycles. The van der Waals surface area contributed by atoms with E-state index in [1.54, 1.807) is 0 Å². The van der Waals surface area contributed by atoms with Crippen molar-refractivity contribution in [3.8, 4) is 67.5 Å². The molecule has 0 saturated carbocycles. The van der Waals surface area contributed by atoms with Crippen LogP contribution < -0.4 is 0 Å². The van der Waals surface area contributed by atoms with Crippen LogP contribution in [0.2, 0.25) is 0 Å². The first kappa shape index (κ1) is 32.6. The summed E-state index contributed by atoms with van der Waals surface area (Å²) in [5, 5.41) is 5.12. The number of rotatable bonds is 6. The first-order valence-electron chi connectivity index (χ1n) is 18.7. The Morgan fingerprint density at radius 3 is 1.57 bits per heavy atom. The molecule has 11 aromatic rings. The second kappa shape index (κ2) is 13.5. The van der Waals surface area contributed by atoms with Gasteiger partial charge in [-0.15, -0.1) is 22.7 Å². The molecule has 0 bridgehead atoms. The standard InChI is InChI=1S/C51H31N3S2/c1-3-13-32(14-4-1)34-17-11-18-36(29-34)50-52-49(33-15-5-2-6-16-33)53-51(54-50)37-26-28-42-44-23-12-22-43(48(44)56-47(42)31-37)39-20-8-7-19-38(39)35-25-27-41-40-21-9-10-24-45(40)55-46(41)30-35/h1-31H. The van der Waals surface area contributed by atoms with Crippen molar-refractivity contribution >= 4 is 63.0 Å². The third-order valence-electron chi connectivity index (χ3n) is 10.6. The van der Waals surface area contributed by atoms with Gasteiger partial charge in [0.15, 0.2) is 17.5 Å². The van der Waals surface area contributed by atoms with E-state index in [4.69, 9.17) is 15.0 Å². The molecule has 11 rings (SSSR count). The molecule has 0 radical (unpaired) electrons. The topological polar surface area (TPSA) is 38.7 Å². The van der Waals surface area contributed by atoms with Crippen LogP contribution in [0.3, 0.4) is 0 Å². The third-order valence-corrected chi connectivity index (χ3v) is 12.9. The molecule has 0 atom stereocenters. The molecule has 0 spiro atoms. The summed E-state index contributed by atoms with van der Waals surface area (Å²) < 4.78 is 5.11. The van der Waals surface area contributed by atoms with Crippen LogP contribution in [0.1, 0.15) is 0 Å². The molecule has 3 nitrogen and oxygen atoms in total. The molecule has 0 saturated heterocycles. The Kier molecular flexibility index (Phi) is 7.87. The lowest BCUT2D eigenvalue weighted by atomic mass is 9.93.